The molecular formula is C11H22O2. The largest absolute Gasteiger partial charge is 0.469 e. The van der Waals surface area contributed by atoms with Crippen LogP contribution in [-0.2, 0) is 9.53 Å². The van der Waals surface area contributed by atoms with Crippen molar-refractivity contribution in [3.05, 3.63) is 0 Å². The fourth-order valence-electron chi connectivity index (χ4n) is 1.45. The SMILES string of the molecule is CCCCC(CCCC)C(=O)OC. The molecule has 0 aliphatic heterocycles. The molecule has 0 fully saturated rings. The average molecular weight is 186 g/mol. The second-order valence-electron chi connectivity index (χ2n) is 3.50. The second-order valence-corrected chi connectivity index (χ2v) is 3.50. The zero-order valence-corrected chi connectivity index (χ0v) is 9.14. The molecule has 2 nitrogen and oxygen atoms in total. The maximum absolute atomic E-state index is 11.3. The first kappa shape index (κ1) is 12.5. The normalized spacial score (nSPS) is 10.5. The Morgan fingerprint density at radius 3 is 1.92 bits per heavy atom. The summed E-state index contributed by atoms with van der Waals surface area (Å²) in [5.74, 6) is 0.117. The number of ether oxygens (including phenoxy) is 1. The van der Waals surface area contributed by atoms with Gasteiger partial charge in [0, 0.05) is 0 Å². The van der Waals surface area contributed by atoms with E-state index in [1.807, 2.05) is 0 Å². The molecular weight excluding hydrogens is 164 g/mol. The number of carbonyl (C=O) groups is 1. The summed E-state index contributed by atoms with van der Waals surface area (Å²) in [6.07, 6.45) is 6.54. The van der Waals surface area contributed by atoms with Crippen LogP contribution in [0.15, 0.2) is 0 Å². The molecule has 0 rings (SSSR count). The molecule has 0 aliphatic carbocycles. The standard InChI is InChI=1S/C11H22O2/c1-4-6-8-10(9-7-5-2)11(12)13-3/h10H,4-9H2,1-3H3. The Labute approximate surface area is 81.7 Å². The van der Waals surface area contributed by atoms with Crippen LogP contribution in [0.2, 0.25) is 0 Å². The molecule has 0 aromatic rings. The van der Waals surface area contributed by atoms with Crippen LogP contribution in [0.3, 0.4) is 0 Å². The Morgan fingerprint density at radius 1 is 1.15 bits per heavy atom. The Morgan fingerprint density at radius 2 is 1.62 bits per heavy atom. The minimum absolute atomic E-state index is 0.0260. The molecule has 0 N–H and O–H groups in total. The summed E-state index contributed by atoms with van der Waals surface area (Å²) in [7, 11) is 1.48. The third-order valence-corrected chi connectivity index (χ3v) is 2.35. The van der Waals surface area contributed by atoms with Gasteiger partial charge in [0.15, 0.2) is 0 Å². The summed E-state index contributed by atoms with van der Waals surface area (Å²) >= 11 is 0. The van der Waals surface area contributed by atoms with Crippen molar-refractivity contribution in [2.75, 3.05) is 7.11 Å². The molecule has 0 saturated heterocycles. The molecule has 0 bridgehead atoms. The molecule has 0 saturated carbocycles. The Bertz CT molecular complexity index is 124. The van der Waals surface area contributed by atoms with Gasteiger partial charge in [-0.1, -0.05) is 39.5 Å². The van der Waals surface area contributed by atoms with Crippen LogP contribution >= 0.6 is 0 Å². The maximum atomic E-state index is 11.3. The summed E-state index contributed by atoms with van der Waals surface area (Å²) in [6.45, 7) is 4.29. The van der Waals surface area contributed by atoms with Crippen LogP contribution in [0.25, 0.3) is 0 Å². The Hall–Kier alpha value is -0.530. The fourth-order valence-corrected chi connectivity index (χ4v) is 1.45. The van der Waals surface area contributed by atoms with Gasteiger partial charge in [-0.25, -0.2) is 0 Å². The third kappa shape index (κ3) is 5.67. The van der Waals surface area contributed by atoms with Gasteiger partial charge in [0.05, 0.1) is 13.0 Å². The number of esters is 1. The molecule has 78 valence electrons. The van der Waals surface area contributed by atoms with Crippen LogP contribution in [0, 0.1) is 5.92 Å². The van der Waals surface area contributed by atoms with E-state index in [2.05, 4.69) is 13.8 Å². The van der Waals surface area contributed by atoms with Gasteiger partial charge in [-0.2, -0.15) is 0 Å². The molecule has 0 aromatic heterocycles. The van der Waals surface area contributed by atoms with Gasteiger partial charge in [0.1, 0.15) is 0 Å². The number of rotatable bonds is 7. The van der Waals surface area contributed by atoms with E-state index in [1.54, 1.807) is 0 Å². The summed E-state index contributed by atoms with van der Waals surface area (Å²) in [5, 5.41) is 0. The van der Waals surface area contributed by atoms with Crippen molar-refractivity contribution in [3.63, 3.8) is 0 Å². The second kappa shape index (κ2) is 8.09. The highest BCUT2D eigenvalue weighted by Gasteiger charge is 2.17. The summed E-state index contributed by atoms with van der Waals surface area (Å²) in [6, 6.07) is 0. The highest BCUT2D eigenvalue weighted by molar-refractivity contribution is 5.72. The molecule has 0 spiro atoms. The third-order valence-electron chi connectivity index (χ3n) is 2.35. The molecule has 0 unspecified atom stereocenters. The van der Waals surface area contributed by atoms with E-state index in [-0.39, 0.29) is 11.9 Å². The number of carbonyl (C=O) groups excluding carboxylic acids is 1. The highest BCUT2D eigenvalue weighted by atomic mass is 16.5. The van der Waals surface area contributed by atoms with Crippen molar-refractivity contribution in [3.8, 4) is 0 Å². The van der Waals surface area contributed by atoms with E-state index in [0.717, 1.165) is 38.5 Å². The average Bonchev–Trinajstić information content (AvgIpc) is 2.17. The molecule has 0 radical (unpaired) electrons. The van der Waals surface area contributed by atoms with Gasteiger partial charge in [-0.3, -0.25) is 4.79 Å². The molecule has 13 heavy (non-hydrogen) atoms. The fraction of sp³-hybridized carbons (Fsp3) is 0.909. The van der Waals surface area contributed by atoms with Gasteiger partial charge < -0.3 is 4.74 Å². The maximum Gasteiger partial charge on any atom is 0.308 e. The summed E-state index contributed by atoms with van der Waals surface area (Å²) in [4.78, 5) is 11.3. The van der Waals surface area contributed by atoms with E-state index in [0.29, 0.717) is 0 Å². The molecule has 0 heterocycles. The van der Waals surface area contributed by atoms with Crippen molar-refractivity contribution in [2.24, 2.45) is 5.92 Å². The van der Waals surface area contributed by atoms with Crippen LogP contribution in [-0.4, -0.2) is 13.1 Å². The lowest BCUT2D eigenvalue weighted by molar-refractivity contribution is -0.146. The van der Waals surface area contributed by atoms with Gasteiger partial charge >= 0.3 is 5.97 Å². The zero-order chi connectivity index (χ0) is 10.1. The van der Waals surface area contributed by atoms with Gasteiger partial charge in [-0.15, -0.1) is 0 Å². The van der Waals surface area contributed by atoms with E-state index in [1.165, 1.54) is 7.11 Å². The first-order chi connectivity index (χ1) is 6.26. The molecule has 2 heteroatoms. The van der Waals surface area contributed by atoms with Crippen molar-refractivity contribution >= 4 is 5.97 Å². The highest BCUT2D eigenvalue weighted by Crippen LogP contribution is 2.17. The lowest BCUT2D eigenvalue weighted by atomic mass is 9.96. The quantitative estimate of drug-likeness (QED) is 0.571. The monoisotopic (exact) mass is 186 g/mol. The Balaban J connectivity index is 3.79. The van der Waals surface area contributed by atoms with Crippen molar-refractivity contribution in [1.29, 1.82) is 0 Å². The predicted molar refractivity (Wildman–Crippen MR) is 54.6 cm³/mol. The topological polar surface area (TPSA) is 26.3 Å². The minimum Gasteiger partial charge on any atom is -0.469 e. The smallest absolute Gasteiger partial charge is 0.308 e. The van der Waals surface area contributed by atoms with Crippen LogP contribution < -0.4 is 0 Å². The van der Waals surface area contributed by atoms with Crippen molar-refractivity contribution in [2.45, 2.75) is 52.4 Å². The Kier molecular flexibility index (Phi) is 7.76. The van der Waals surface area contributed by atoms with E-state index >= 15 is 0 Å². The minimum atomic E-state index is -0.0260. The van der Waals surface area contributed by atoms with Crippen molar-refractivity contribution in [1.82, 2.24) is 0 Å². The molecule has 0 atom stereocenters. The first-order valence-corrected chi connectivity index (χ1v) is 5.34. The van der Waals surface area contributed by atoms with Crippen LogP contribution in [0.1, 0.15) is 52.4 Å². The number of hydrogen-bond donors (Lipinski definition) is 0. The number of unbranched alkanes of at least 4 members (excludes halogenated alkanes) is 2. The van der Waals surface area contributed by atoms with Crippen molar-refractivity contribution < 1.29 is 9.53 Å². The number of hydrogen-bond acceptors (Lipinski definition) is 2. The molecule has 0 aromatic carbocycles. The van der Waals surface area contributed by atoms with Gasteiger partial charge in [0.2, 0.25) is 0 Å². The zero-order valence-electron chi connectivity index (χ0n) is 9.14. The van der Waals surface area contributed by atoms with Crippen LogP contribution in [0.4, 0.5) is 0 Å². The predicted octanol–water partition coefficient (Wildman–Crippen LogP) is 3.16. The molecule has 0 amide bonds. The first-order valence-electron chi connectivity index (χ1n) is 5.34. The summed E-state index contributed by atoms with van der Waals surface area (Å²) in [5.41, 5.74) is 0. The van der Waals surface area contributed by atoms with Gasteiger partial charge in [-0.05, 0) is 12.8 Å². The van der Waals surface area contributed by atoms with E-state index in [9.17, 15) is 4.79 Å². The number of methoxy groups -OCH3 is 1. The van der Waals surface area contributed by atoms with E-state index in [4.69, 9.17) is 4.74 Å². The lowest BCUT2D eigenvalue weighted by Crippen LogP contribution is -2.16. The molecule has 0 aliphatic rings. The van der Waals surface area contributed by atoms with Crippen LogP contribution in [0.5, 0.6) is 0 Å². The van der Waals surface area contributed by atoms with Gasteiger partial charge in [0.25, 0.3) is 0 Å². The lowest BCUT2D eigenvalue weighted by Gasteiger charge is -2.13. The van der Waals surface area contributed by atoms with E-state index < -0.39 is 0 Å². The summed E-state index contributed by atoms with van der Waals surface area (Å²) < 4.78 is 4.77.